The first-order valence-corrected chi connectivity index (χ1v) is 8.08. The quantitative estimate of drug-likeness (QED) is 0.604. The van der Waals surface area contributed by atoms with E-state index in [1.807, 2.05) is 6.07 Å². The number of hydrogen-bond donors (Lipinski definition) is 0. The summed E-state index contributed by atoms with van der Waals surface area (Å²) in [6.07, 6.45) is 0. The predicted molar refractivity (Wildman–Crippen MR) is 76.3 cm³/mol. The lowest BCUT2D eigenvalue weighted by atomic mass is 10.4. The normalized spacial score (nSPS) is 10.7. The number of halogens is 2. The molecular weight excluding hydrogens is 300 g/mol. The molecule has 0 aliphatic carbocycles. The van der Waals surface area contributed by atoms with Crippen LogP contribution >= 0.6 is 27.5 Å². The molecule has 16 heavy (non-hydrogen) atoms. The van der Waals surface area contributed by atoms with Gasteiger partial charge in [-0.25, -0.2) is 0 Å². The molecule has 0 saturated heterocycles. The first kappa shape index (κ1) is 11.9. The highest BCUT2D eigenvalue weighted by Crippen LogP contribution is 2.06. The molecule has 0 saturated carbocycles. The second-order valence-electron chi connectivity index (χ2n) is 3.49. The number of alkyl halides is 1. The van der Waals surface area contributed by atoms with Crippen molar-refractivity contribution in [2.45, 2.75) is 0 Å². The van der Waals surface area contributed by atoms with Crippen molar-refractivity contribution in [3.05, 3.63) is 59.1 Å². The first-order chi connectivity index (χ1) is 7.81. The molecule has 3 heteroatoms. The molecule has 0 unspecified atom stereocenters. The van der Waals surface area contributed by atoms with Gasteiger partial charge in [0.1, 0.15) is 8.80 Å². The first-order valence-electron chi connectivity index (χ1n) is 5.04. The maximum atomic E-state index is 6.11. The third-order valence-electron chi connectivity index (χ3n) is 2.45. The largest absolute Gasteiger partial charge is 0.136 e. The SMILES string of the molecule is ClC[Si](c1ccccc1)c1ccc(Br)cc1. The summed E-state index contributed by atoms with van der Waals surface area (Å²) >= 11 is 9.56. The zero-order valence-corrected chi connectivity index (χ0v) is 12.0. The van der Waals surface area contributed by atoms with Crippen molar-refractivity contribution < 1.29 is 0 Å². The second-order valence-corrected chi connectivity index (χ2v) is 7.58. The van der Waals surface area contributed by atoms with E-state index in [1.165, 1.54) is 10.4 Å². The molecule has 0 N–H and O–H groups in total. The minimum absolute atomic E-state index is 0.705. The zero-order chi connectivity index (χ0) is 11.4. The summed E-state index contributed by atoms with van der Waals surface area (Å²) in [6.45, 7) is 0. The third kappa shape index (κ3) is 2.76. The van der Waals surface area contributed by atoms with Gasteiger partial charge in [-0.15, -0.1) is 11.6 Å². The molecule has 81 valence electrons. The summed E-state index contributed by atoms with van der Waals surface area (Å²) in [7, 11) is -0.811. The molecule has 0 aliphatic rings. The van der Waals surface area contributed by atoms with Gasteiger partial charge < -0.3 is 0 Å². The van der Waals surface area contributed by atoms with Gasteiger partial charge in [-0.2, -0.15) is 0 Å². The van der Waals surface area contributed by atoms with Crippen LogP contribution in [0.15, 0.2) is 59.1 Å². The highest BCUT2D eigenvalue weighted by Gasteiger charge is 2.14. The van der Waals surface area contributed by atoms with Crippen molar-refractivity contribution in [3.63, 3.8) is 0 Å². The van der Waals surface area contributed by atoms with Gasteiger partial charge in [0.05, 0.1) is 0 Å². The van der Waals surface area contributed by atoms with Crippen LogP contribution in [0.5, 0.6) is 0 Å². The Balaban J connectivity index is 2.33. The van der Waals surface area contributed by atoms with Crippen LogP contribution < -0.4 is 10.4 Å². The number of rotatable bonds is 3. The van der Waals surface area contributed by atoms with Gasteiger partial charge in [-0.05, 0) is 12.1 Å². The third-order valence-corrected chi connectivity index (χ3v) is 6.11. The van der Waals surface area contributed by atoms with E-state index in [9.17, 15) is 0 Å². The van der Waals surface area contributed by atoms with Gasteiger partial charge >= 0.3 is 0 Å². The molecule has 0 spiro atoms. The smallest absolute Gasteiger partial charge is 0.130 e. The van der Waals surface area contributed by atoms with Crippen LogP contribution in [0, 0.1) is 0 Å². The van der Waals surface area contributed by atoms with E-state index in [2.05, 4.69) is 64.5 Å². The molecule has 2 aromatic carbocycles. The van der Waals surface area contributed by atoms with Crippen molar-refractivity contribution in [2.24, 2.45) is 0 Å². The van der Waals surface area contributed by atoms with Crippen molar-refractivity contribution in [1.82, 2.24) is 0 Å². The van der Waals surface area contributed by atoms with E-state index >= 15 is 0 Å². The van der Waals surface area contributed by atoms with Crippen LogP contribution in [0.2, 0.25) is 0 Å². The molecule has 0 heterocycles. The summed E-state index contributed by atoms with van der Waals surface area (Å²) in [5.74, 6) is 0. The van der Waals surface area contributed by atoms with E-state index in [-0.39, 0.29) is 0 Å². The van der Waals surface area contributed by atoms with Gasteiger partial charge in [-0.1, -0.05) is 68.8 Å². The van der Waals surface area contributed by atoms with Crippen molar-refractivity contribution in [2.75, 3.05) is 5.50 Å². The highest BCUT2D eigenvalue weighted by atomic mass is 79.9. The fraction of sp³-hybridized carbons (Fsp3) is 0.0769. The van der Waals surface area contributed by atoms with Gasteiger partial charge in [0.25, 0.3) is 0 Å². The van der Waals surface area contributed by atoms with Crippen molar-refractivity contribution in [3.8, 4) is 0 Å². The summed E-state index contributed by atoms with van der Waals surface area (Å²) < 4.78 is 1.11. The fourth-order valence-corrected chi connectivity index (χ4v) is 4.61. The predicted octanol–water partition coefficient (Wildman–Crippen LogP) is 2.84. The summed E-state index contributed by atoms with van der Waals surface area (Å²) in [5.41, 5.74) is 0.705. The van der Waals surface area contributed by atoms with Crippen molar-refractivity contribution in [1.29, 1.82) is 0 Å². The van der Waals surface area contributed by atoms with E-state index in [4.69, 9.17) is 11.6 Å². The Kier molecular flexibility index (Phi) is 4.21. The Labute approximate surface area is 111 Å². The summed E-state index contributed by atoms with van der Waals surface area (Å²) in [6, 6.07) is 19.0. The standard InChI is InChI=1S/C13H11BrClSi/c14-11-6-8-13(9-7-11)16(10-15)12-4-2-1-3-5-12/h1-9H,10H2. The van der Waals surface area contributed by atoms with Crippen molar-refractivity contribution >= 4 is 46.7 Å². The Morgan fingerprint density at radius 2 is 1.44 bits per heavy atom. The Morgan fingerprint density at radius 3 is 2.00 bits per heavy atom. The van der Waals surface area contributed by atoms with Gasteiger partial charge in [0, 0.05) is 9.98 Å². The van der Waals surface area contributed by atoms with Crippen LogP contribution in [0.4, 0.5) is 0 Å². The molecule has 0 bridgehead atoms. The van der Waals surface area contributed by atoms with E-state index in [1.54, 1.807) is 0 Å². The zero-order valence-electron chi connectivity index (χ0n) is 8.66. The highest BCUT2D eigenvalue weighted by molar-refractivity contribution is 9.10. The number of benzene rings is 2. The Morgan fingerprint density at radius 1 is 0.875 bits per heavy atom. The molecule has 0 amide bonds. The maximum Gasteiger partial charge on any atom is 0.136 e. The minimum Gasteiger partial charge on any atom is -0.130 e. The van der Waals surface area contributed by atoms with Gasteiger partial charge in [0.2, 0.25) is 0 Å². The summed E-state index contributed by atoms with van der Waals surface area (Å²) in [4.78, 5) is 0. The molecule has 0 aliphatic heterocycles. The van der Waals surface area contributed by atoms with E-state index in [0.717, 1.165) is 4.47 Å². The van der Waals surface area contributed by atoms with Crippen LogP contribution in [-0.4, -0.2) is 14.3 Å². The lowest BCUT2D eigenvalue weighted by molar-refractivity contribution is 1.67. The van der Waals surface area contributed by atoms with E-state index in [0.29, 0.717) is 5.50 Å². The molecule has 0 atom stereocenters. The maximum absolute atomic E-state index is 6.11. The fourth-order valence-electron chi connectivity index (χ4n) is 1.61. The van der Waals surface area contributed by atoms with E-state index < -0.39 is 8.80 Å². The van der Waals surface area contributed by atoms with Crippen LogP contribution in [0.25, 0.3) is 0 Å². The summed E-state index contributed by atoms with van der Waals surface area (Å²) in [5, 5.41) is 2.72. The average molecular weight is 311 g/mol. The monoisotopic (exact) mass is 309 g/mol. The van der Waals surface area contributed by atoms with Gasteiger partial charge in [-0.3, -0.25) is 0 Å². The van der Waals surface area contributed by atoms with Gasteiger partial charge in [0.15, 0.2) is 0 Å². The van der Waals surface area contributed by atoms with Crippen LogP contribution in [-0.2, 0) is 0 Å². The lowest BCUT2D eigenvalue weighted by Crippen LogP contribution is -2.44. The lowest BCUT2D eigenvalue weighted by Gasteiger charge is -2.12. The Bertz CT molecular complexity index is 441. The molecule has 0 fully saturated rings. The molecule has 2 rings (SSSR count). The topological polar surface area (TPSA) is 0 Å². The minimum atomic E-state index is -0.811. The molecule has 0 nitrogen and oxygen atoms in total. The van der Waals surface area contributed by atoms with Crippen LogP contribution in [0.1, 0.15) is 0 Å². The second kappa shape index (κ2) is 5.67. The average Bonchev–Trinajstić information content (AvgIpc) is 2.34. The molecule has 1 radical (unpaired) electrons. The number of hydrogen-bond acceptors (Lipinski definition) is 0. The molecule has 2 aromatic rings. The molecular formula is C13H11BrClSi. The molecule has 0 aromatic heterocycles. The Hall–Kier alpha value is -0.573. The van der Waals surface area contributed by atoms with Crippen LogP contribution in [0.3, 0.4) is 0 Å².